The molecule has 1 fully saturated rings. The maximum atomic E-state index is 11.2. The van der Waals surface area contributed by atoms with Gasteiger partial charge in [-0.05, 0) is 5.92 Å². The van der Waals surface area contributed by atoms with E-state index in [1.807, 2.05) is 4.90 Å². The summed E-state index contributed by atoms with van der Waals surface area (Å²) >= 11 is 0. The Bertz CT molecular complexity index is 168. The van der Waals surface area contributed by atoms with Gasteiger partial charge < -0.3 is 9.64 Å². The van der Waals surface area contributed by atoms with Crippen molar-refractivity contribution in [3.8, 4) is 0 Å². The largest absolute Gasteiger partial charge is 0.377 e. The molecule has 1 aliphatic rings. The van der Waals surface area contributed by atoms with Gasteiger partial charge in [0, 0.05) is 13.5 Å². The summed E-state index contributed by atoms with van der Waals surface area (Å²) in [6, 6.07) is 0.274. The van der Waals surface area contributed by atoms with Gasteiger partial charge in [0.2, 0.25) is 5.91 Å². The van der Waals surface area contributed by atoms with Crippen LogP contribution in [0.4, 0.5) is 0 Å². The first-order valence-corrected chi connectivity index (χ1v) is 4.48. The minimum atomic E-state index is 0.164. The van der Waals surface area contributed by atoms with Crippen LogP contribution in [-0.2, 0) is 9.53 Å². The average Bonchev–Trinajstić information content (AvgIpc) is 2.04. The summed E-state index contributed by atoms with van der Waals surface area (Å²) in [6.07, 6.45) is 0. The SMILES string of the molecule is CC(=O)N1CCOCC1C(C)C. The molecule has 3 nitrogen and oxygen atoms in total. The van der Waals surface area contributed by atoms with E-state index < -0.39 is 0 Å². The highest BCUT2D eigenvalue weighted by molar-refractivity contribution is 5.73. The Morgan fingerprint density at radius 3 is 2.67 bits per heavy atom. The highest BCUT2D eigenvalue weighted by Gasteiger charge is 2.26. The number of hydrogen-bond acceptors (Lipinski definition) is 2. The van der Waals surface area contributed by atoms with Gasteiger partial charge in [-0.15, -0.1) is 0 Å². The second kappa shape index (κ2) is 3.90. The molecule has 0 aromatic rings. The second-order valence-electron chi connectivity index (χ2n) is 3.60. The molecule has 0 aromatic heterocycles. The molecule has 0 aliphatic carbocycles. The van der Waals surface area contributed by atoms with E-state index in [0.29, 0.717) is 19.1 Å². The third-order valence-electron chi connectivity index (χ3n) is 2.34. The van der Waals surface area contributed by atoms with Crippen LogP contribution in [0.2, 0.25) is 0 Å². The predicted octanol–water partition coefficient (Wildman–Crippen LogP) is 0.890. The van der Waals surface area contributed by atoms with Crippen molar-refractivity contribution in [2.75, 3.05) is 19.8 Å². The maximum absolute atomic E-state index is 11.2. The molecule has 1 saturated heterocycles. The van der Waals surface area contributed by atoms with E-state index in [1.54, 1.807) is 6.92 Å². The van der Waals surface area contributed by atoms with Gasteiger partial charge in [-0.25, -0.2) is 0 Å². The van der Waals surface area contributed by atoms with Gasteiger partial charge in [-0.3, -0.25) is 4.79 Å². The van der Waals surface area contributed by atoms with Gasteiger partial charge in [0.15, 0.2) is 0 Å². The number of nitrogens with zero attached hydrogens (tertiary/aromatic N) is 1. The lowest BCUT2D eigenvalue weighted by Gasteiger charge is -2.37. The van der Waals surface area contributed by atoms with Gasteiger partial charge in [0.25, 0.3) is 0 Å². The fourth-order valence-corrected chi connectivity index (χ4v) is 1.57. The van der Waals surface area contributed by atoms with Crippen LogP contribution in [-0.4, -0.2) is 36.6 Å². The molecule has 0 spiro atoms. The van der Waals surface area contributed by atoms with Gasteiger partial charge in [-0.2, -0.15) is 0 Å². The van der Waals surface area contributed by atoms with Crippen LogP contribution >= 0.6 is 0 Å². The van der Waals surface area contributed by atoms with Gasteiger partial charge >= 0.3 is 0 Å². The quantitative estimate of drug-likeness (QED) is 0.586. The average molecular weight is 171 g/mol. The Hall–Kier alpha value is -0.570. The van der Waals surface area contributed by atoms with Crippen molar-refractivity contribution in [1.82, 2.24) is 4.90 Å². The molecule has 70 valence electrons. The number of morpholine rings is 1. The third-order valence-corrected chi connectivity index (χ3v) is 2.34. The molecule has 1 rings (SSSR count). The minimum Gasteiger partial charge on any atom is -0.377 e. The normalized spacial score (nSPS) is 24.7. The van der Waals surface area contributed by atoms with E-state index in [4.69, 9.17) is 4.74 Å². The second-order valence-corrected chi connectivity index (χ2v) is 3.60. The Morgan fingerprint density at radius 1 is 1.58 bits per heavy atom. The van der Waals surface area contributed by atoms with E-state index in [-0.39, 0.29) is 11.9 Å². The van der Waals surface area contributed by atoms with Gasteiger partial charge in [0.05, 0.1) is 19.3 Å². The van der Waals surface area contributed by atoms with Gasteiger partial charge in [-0.1, -0.05) is 13.8 Å². The minimum absolute atomic E-state index is 0.164. The number of carbonyl (C=O) groups is 1. The molecule has 1 unspecified atom stereocenters. The monoisotopic (exact) mass is 171 g/mol. The lowest BCUT2D eigenvalue weighted by Crippen LogP contribution is -2.50. The van der Waals surface area contributed by atoms with Crippen LogP contribution in [0, 0.1) is 5.92 Å². The third kappa shape index (κ3) is 1.97. The van der Waals surface area contributed by atoms with E-state index in [9.17, 15) is 4.79 Å². The van der Waals surface area contributed by atoms with Crippen LogP contribution in [0.15, 0.2) is 0 Å². The molecule has 1 aliphatic heterocycles. The van der Waals surface area contributed by atoms with Crippen molar-refractivity contribution in [2.24, 2.45) is 5.92 Å². The molecule has 1 atom stereocenters. The molecule has 0 N–H and O–H groups in total. The van der Waals surface area contributed by atoms with E-state index >= 15 is 0 Å². The molecule has 1 amide bonds. The van der Waals surface area contributed by atoms with E-state index in [0.717, 1.165) is 6.54 Å². The number of hydrogen-bond donors (Lipinski definition) is 0. The fourth-order valence-electron chi connectivity index (χ4n) is 1.57. The van der Waals surface area contributed by atoms with Crippen LogP contribution < -0.4 is 0 Å². The summed E-state index contributed by atoms with van der Waals surface area (Å²) in [4.78, 5) is 13.1. The lowest BCUT2D eigenvalue weighted by molar-refractivity contribution is -0.139. The van der Waals surface area contributed by atoms with E-state index in [1.165, 1.54) is 0 Å². The number of rotatable bonds is 1. The smallest absolute Gasteiger partial charge is 0.219 e. The molecule has 0 radical (unpaired) electrons. The number of carbonyl (C=O) groups excluding carboxylic acids is 1. The Kier molecular flexibility index (Phi) is 3.09. The van der Waals surface area contributed by atoms with Crippen LogP contribution in [0.25, 0.3) is 0 Å². The molecule has 3 heteroatoms. The summed E-state index contributed by atoms with van der Waals surface area (Å²) < 4.78 is 5.33. The Labute approximate surface area is 73.7 Å². The van der Waals surface area contributed by atoms with Crippen molar-refractivity contribution in [3.63, 3.8) is 0 Å². The topological polar surface area (TPSA) is 29.5 Å². The van der Waals surface area contributed by atoms with Crippen LogP contribution in [0.1, 0.15) is 20.8 Å². The molecule has 0 bridgehead atoms. The van der Waals surface area contributed by atoms with Crippen LogP contribution in [0.5, 0.6) is 0 Å². The summed E-state index contributed by atoms with van der Waals surface area (Å²) in [5, 5.41) is 0. The van der Waals surface area contributed by atoms with Crippen molar-refractivity contribution in [1.29, 1.82) is 0 Å². The predicted molar refractivity (Wildman–Crippen MR) is 46.8 cm³/mol. The molecule has 1 heterocycles. The first-order chi connectivity index (χ1) is 5.63. The zero-order chi connectivity index (χ0) is 9.14. The van der Waals surface area contributed by atoms with Crippen molar-refractivity contribution < 1.29 is 9.53 Å². The molecule has 12 heavy (non-hydrogen) atoms. The lowest BCUT2D eigenvalue weighted by atomic mass is 10.0. The molecule has 0 aromatic carbocycles. The highest BCUT2D eigenvalue weighted by Crippen LogP contribution is 2.14. The molecule has 0 saturated carbocycles. The number of amides is 1. The highest BCUT2D eigenvalue weighted by atomic mass is 16.5. The van der Waals surface area contributed by atoms with Crippen LogP contribution in [0.3, 0.4) is 0 Å². The Morgan fingerprint density at radius 2 is 2.25 bits per heavy atom. The summed E-state index contributed by atoms with van der Waals surface area (Å²) in [5.74, 6) is 0.645. The fraction of sp³-hybridized carbons (Fsp3) is 0.889. The van der Waals surface area contributed by atoms with Gasteiger partial charge in [0.1, 0.15) is 0 Å². The number of ether oxygens (including phenoxy) is 1. The first kappa shape index (κ1) is 9.52. The van der Waals surface area contributed by atoms with Crippen molar-refractivity contribution in [3.05, 3.63) is 0 Å². The van der Waals surface area contributed by atoms with Crippen molar-refractivity contribution >= 4 is 5.91 Å². The summed E-state index contributed by atoms with van der Waals surface area (Å²) in [7, 11) is 0. The molecular formula is C9H17NO2. The summed E-state index contributed by atoms with van der Waals surface area (Å²) in [5.41, 5.74) is 0. The zero-order valence-electron chi connectivity index (χ0n) is 8.04. The first-order valence-electron chi connectivity index (χ1n) is 4.48. The van der Waals surface area contributed by atoms with Crippen molar-refractivity contribution in [2.45, 2.75) is 26.8 Å². The summed E-state index contributed by atoms with van der Waals surface area (Å²) in [6.45, 7) is 7.99. The standard InChI is InChI=1S/C9H17NO2/c1-7(2)9-6-12-5-4-10(9)8(3)11/h7,9H,4-6H2,1-3H3. The molecular weight excluding hydrogens is 154 g/mol. The zero-order valence-corrected chi connectivity index (χ0v) is 8.04. The van der Waals surface area contributed by atoms with E-state index in [2.05, 4.69) is 13.8 Å². The Balaban J connectivity index is 2.60. The maximum Gasteiger partial charge on any atom is 0.219 e.